The molecule has 0 bridgehead atoms. The lowest BCUT2D eigenvalue weighted by Gasteiger charge is -2.32. The van der Waals surface area contributed by atoms with Gasteiger partial charge in [0, 0.05) is 13.5 Å². The highest BCUT2D eigenvalue weighted by Crippen LogP contribution is 2.37. The number of hydrogen-bond donors (Lipinski definition) is 3. The van der Waals surface area contributed by atoms with E-state index in [1.807, 2.05) is 0 Å². The van der Waals surface area contributed by atoms with Gasteiger partial charge in [-0.15, -0.1) is 0 Å². The van der Waals surface area contributed by atoms with E-state index < -0.39 is 66.2 Å². The van der Waals surface area contributed by atoms with Crippen LogP contribution in [-0.4, -0.2) is 43.2 Å². The van der Waals surface area contributed by atoms with E-state index in [0.717, 1.165) is 12.5 Å². The predicted molar refractivity (Wildman–Crippen MR) is 130 cm³/mol. The average Bonchev–Trinajstić information content (AvgIpc) is 2.87. The standard InChI is InChI=1S/C26H29F6N3O5/c1-16(19-10-20(25(27,28)29)12-21(11-19)26(30,31)32)40-15-34-14-24(23(33)38,35-22(37)13-39-17(2)36)9-8-18-6-4-3-5-7-18/h3-7,10-12,16,34H,8-9,13-15H2,1-2H3,(H2,33,38)(H,35,37)/t16-,24+/m1/s1. The van der Waals surface area contributed by atoms with E-state index in [9.17, 15) is 40.7 Å². The molecule has 2 rings (SSSR count). The van der Waals surface area contributed by atoms with Gasteiger partial charge in [0.05, 0.1) is 24.0 Å². The van der Waals surface area contributed by atoms with Crippen molar-refractivity contribution in [2.45, 2.75) is 50.7 Å². The summed E-state index contributed by atoms with van der Waals surface area (Å²) in [5.41, 5.74) is 1.41. The lowest BCUT2D eigenvalue weighted by molar-refractivity contribution is -0.147. The van der Waals surface area contributed by atoms with Gasteiger partial charge in [0.25, 0.3) is 5.91 Å². The molecule has 0 saturated heterocycles. The van der Waals surface area contributed by atoms with Crippen molar-refractivity contribution in [3.8, 4) is 0 Å². The lowest BCUT2D eigenvalue weighted by atomic mass is 9.90. The van der Waals surface area contributed by atoms with Gasteiger partial charge in [-0.25, -0.2) is 0 Å². The number of rotatable bonds is 13. The van der Waals surface area contributed by atoms with Gasteiger partial charge in [0.1, 0.15) is 5.54 Å². The molecule has 0 aliphatic rings. The molecule has 0 fully saturated rings. The fourth-order valence-electron chi connectivity index (χ4n) is 3.70. The highest BCUT2D eigenvalue weighted by atomic mass is 19.4. The smallest absolute Gasteiger partial charge is 0.416 e. The van der Waals surface area contributed by atoms with E-state index in [4.69, 9.17) is 10.5 Å². The van der Waals surface area contributed by atoms with Crippen molar-refractivity contribution in [3.05, 3.63) is 70.8 Å². The number of hydrogen-bond acceptors (Lipinski definition) is 6. The topological polar surface area (TPSA) is 120 Å². The number of carbonyl (C=O) groups excluding carboxylic acids is 3. The minimum Gasteiger partial charge on any atom is -0.456 e. The molecule has 4 N–H and O–H groups in total. The molecule has 8 nitrogen and oxygen atoms in total. The van der Waals surface area contributed by atoms with Crippen molar-refractivity contribution in [1.82, 2.24) is 10.6 Å². The zero-order chi connectivity index (χ0) is 30.1. The summed E-state index contributed by atoms with van der Waals surface area (Å²) >= 11 is 0. The number of aryl methyl sites for hydroxylation is 1. The number of esters is 1. The number of halogens is 6. The van der Waals surface area contributed by atoms with Crippen LogP contribution in [0.1, 0.15) is 48.6 Å². The van der Waals surface area contributed by atoms with Crippen molar-refractivity contribution in [3.63, 3.8) is 0 Å². The monoisotopic (exact) mass is 577 g/mol. The Labute approximate surface area is 226 Å². The number of ether oxygens (including phenoxy) is 2. The minimum atomic E-state index is -5.02. The molecule has 220 valence electrons. The fourth-order valence-corrected chi connectivity index (χ4v) is 3.70. The third-order valence-electron chi connectivity index (χ3n) is 5.88. The summed E-state index contributed by atoms with van der Waals surface area (Å²) in [4.78, 5) is 36.0. The van der Waals surface area contributed by atoms with Crippen molar-refractivity contribution in [2.24, 2.45) is 5.73 Å². The maximum atomic E-state index is 13.2. The van der Waals surface area contributed by atoms with Crippen LogP contribution in [0.4, 0.5) is 26.3 Å². The fraction of sp³-hybridized carbons (Fsp3) is 0.423. The molecule has 0 heterocycles. The molecule has 40 heavy (non-hydrogen) atoms. The Bertz CT molecular complexity index is 1140. The maximum Gasteiger partial charge on any atom is 0.416 e. The Balaban J connectivity index is 2.17. The molecule has 0 aliphatic carbocycles. The van der Waals surface area contributed by atoms with Crippen LogP contribution in [0.15, 0.2) is 48.5 Å². The molecule has 0 saturated carbocycles. The van der Waals surface area contributed by atoms with Gasteiger partial charge in [-0.05, 0) is 49.1 Å². The number of carbonyl (C=O) groups is 3. The molecule has 0 aliphatic heterocycles. The first kappa shape index (κ1) is 32.6. The van der Waals surface area contributed by atoms with Gasteiger partial charge >= 0.3 is 18.3 Å². The molecule has 0 radical (unpaired) electrons. The highest BCUT2D eigenvalue weighted by molar-refractivity contribution is 5.91. The van der Waals surface area contributed by atoms with E-state index in [0.29, 0.717) is 18.6 Å². The van der Waals surface area contributed by atoms with Crippen LogP contribution >= 0.6 is 0 Å². The summed E-state index contributed by atoms with van der Waals surface area (Å²) in [5.74, 6) is -2.48. The molecule has 2 amide bonds. The molecule has 0 spiro atoms. The largest absolute Gasteiger partial charge is 0.456 e. The number of nitrogens with two attached hydrogens (primary N) is 1. The SMILES string of the molecule is CC(=O)OCC(=O)N[C@@](CCc1ccccc1)(CNCO[C@H](C)c1cc(C(F)(F)F)cc(C(F)(F)F)c1)C(N)=O. The van der Waals surface area contributed by atoms with Crippen molar-refractivity contribution < 1.29 is 50.2 Å². The number of benzene rings is 2. The summed E-state index contributed by atoms with van der Waals surface area (Å²) in [5, 5.41) is 5.18. The third-order valence-corrected chi connectivity index (χ3v) is 5.88. The van der Waals surface area contributed by atoms with Crippen LogP contribution < -0.4 is 16.4 Å². The summed E-state index contributed by atoms with van der Waals surface area (Å²) in [6, 6.07) is 10.0. The Hall–Kier alpha value is -3.65. The van der Waals surface area contributed by atoms with Gasteiger partial charge in [-0.1, -0.05) is 30.3 Å². The van der Waals surface area contributed by atoms with E-state index in [-0.39, 0.29) is 24.6 Å². The highest BCUT2D eigenvalue weighted by Gasteiger charge is 2.39. The van der Waals surface area contributed by atoms with E-state index in [1.54, 1.807) is 30.3 Å². The zero-order valence-electron chi connectivity index (χ0n) is 21.6. The number of amides is 2. The van der Waals surface area contributed by atoms with Crippen LogP contribution in [0, 0.1) is 0 Å². The first-order valence-electron chi connectivity index (χ1n) is 11.9. The molecule has 0 unspecified atom stereocenters. The van der Waals surface area contributed by atoms with Gasteiger partial charge in [0.2, 0.25) is 5.91 Å². The lowest BCUT2D eigenvalue weighted by Crippen LogP contribution is -2.63. The maximum absolute atomic E-state index is 13.2. The molecular weight excluding hydrogens is 548 g/mol. The molecule has 2 aromatic rings. The van der Waals surface area contributed by atoms with Gasteiger partial charge in [-0.3, -0.25) is 19.7 Å². The normalized spacial score (nSPS) is 14.2. The predicted octanol–water partition coefficient (Wildman–Crippen LogP) is 3.89. The first-order valence-corrected chi connectivity index (χ1v) is 11.9. The summed E-state index contributed by atoms with van der Waals surface area (Å²) in [6.45, 7) is 0.921. The Kier molecular flexibility index (Phi) is 11.1. The summed E-state index contributed by atoms with van der Waals surface area (Å²) in [7, 11) is 0. The van der Waals surface area contributed by atoms with Crippen molar-refractivity contribution in [1.29, 1.82) is 0 Å². The quantitative estimate of drug-likeness (QED) is 0.144. The second-order valence-electron chi connectivity index (χ2n) is 8.98. The Morgan fingerprint density at radius 3 is 2.02 bits per heavy atom. The Morgan fingerprint density at radius 2 is 1.52 bits per heavy atom. The molecule has 2 atom stereocenters. The zero-order valence-corrected chi connectivity index (χ0v) is 21.6. The second-order valence-corrected chi connectivity index (χ2v) is 8.98. The molecule has 2 aromatic carbocycles. The minimum absolute atomic E-state index is 0.00326. The van der Waals surface area contributed by atoms with E-state index >= 15 is 0 Å². The van der Waals surface area contributed by atoms with Gasteiger partial charge in [-0.2, -0.15) is 26.3 Å². The van der Waals surface area contributed by atoms with E-state index in [2.05, 4.69) is 15.4 Å². The average molecular weight is 578 g/mol. The second kappa shape index (κ2) is 13.6. The third kappa shape index (κ3) is 9.83. The van der Waals surface area contributed by atoms with Crippen LogP contribution in [0.25, 0.3) is 0 Å². The van der Waals surface area contributed by atoms with Crippen LogP contribution in [-0.2, 0) is 42.6 Å². The summed E-state index contributed by atoms with van der Waals surface area (Å²) < 4.78 is 89.2. The van der Waals surface area contributed by atoms with Gasteiger partial charge < -0.3 is 20.5 Å². The molecule has 14 heteroatoms. The number of primary amides is 1. The number of alkyl halides is 6. The van der Waals surface area contributed by atoms with Crippen LogP contribution in [0.5, 0.6) is 0 Å². The van der Waals surface area contributed by atoms with Crippen LogP contribution in [0.2, 0.25) is 0 Å². The molecule has 0 aromatic heterocycles. The van der Waals surface area contributed by atoms with E-state index in [1.165, 1.54) is 6.92 Å². The van der Waals surface area contributed by atoms with Crippen LogP contribution in [0.3, 0.4) is 0 Å². The molecular formula is C26H29F6N3O5. The summed E-state index contributed by atoms with van der Waals surface area (Å²) in [6.07, 6.45) is -11.0. The van der Waals surface area contributed by atoms with Gasteiger partial charge in [0.15, 0.2) is 6.61 Å². The van der Waals surface area contributed by atoms with Crippen molar-refractivity contribution in [2.75, 3.05) is 19.9 Å². The number of nitrogens with one attached hydrogen (secondary N) is 2. The Morgan fingerprint density at radius 1 is 0.950 bits per heavy atom. The van der Waals surface area contributed by atoms with Crippen molar-refractivity contribution >= 4 is 17.8 Å². The first-order chi connectivity index (χ1) is 18.5.